The lowest BCUT2D eigenvalue weighted by Gasteiger charge is -2.25. The molecule has 2 heterocycles. The highest BCUT2D eigenvalue weighted by atomic mass is 16.5. The fourth-order valence-corrected chi connectivity index (χ4v) is 2.57. The van der Waals surface area contributed by atoms with E-state index in [4.69, 9.17) is 9.47 Å². The van der Waals surface area contributed by atoms with Crippen molar-refractivity contribution in [2.45, 2.75) is 57.1 Å². The molecule has 2 aliphatic rings. The first-order valence-corrected chi connectivity index (χ1v) is 6.88. The average molecular weight is 227 g/mol. The maximum atomic E-state index is 5.72. The number of hydrogen-bond donors (Lipinski definition) is 1. The van der Waals surface area contributed by atoms with Crippen LogP contribution in [0, 0.1) is 0 Å². The smallest absolute Gasteiger partial charge is 0.0619 e. The van der Waals surface area contributed by atoms with Gasteiger partial charge in [-0.05, 0) is 51.5 Å². The third-order valence-electron chi connectivity index (χ3n) is 3.57. The fourth-order valence-electron chi connectivity index (χ4n) is 2.57. The molecule has 94 valence electrons. The second-order valence-corrected chi connectivity index (χ2v) is 5.00. The third-order valence-corrected chi connectivity index (χ3v) is 3.57. The lowest BCUT2D eigenvalue weighted by molar-refractivity contribution is 0.00967. The van der Waals surface area contributed by atoms with E-state index in [-0.39, 0.29) is 0 Å². The van der Waals surface area contributed by atoms with Gasteiger partial charge in [-0.1, -0.05) is 0 Å². The van der Waals surface area contributed by atoms with Gasteiger partial charge in [0.05, 0.1) is 12.7 Å². The molecule has 0 amide bonds. The van der Waals surface area contributed by atoms with Gasteiger partial charge in [-0.15, -0.1) is 0 Å². The van der Waals surface area contributed by atoms with E-state index in [1.807, 2.05) is 0 Å². The van der Waals surface area contributed by atoms with Gasteiger partial charge in [0.1, 0.15) is 0 Å². The van der Waals surface area contributed by atoms with E-state index in [0.717, 1.165) is 26.4 Å². The molecule has 16 heavy (non-hydrogen) atoms. The zero-order chi connectivity index (χ0) is 11.1. The van der Waals surface area contributed by atoms with E-state index in [9.17, 15) is 0 Å². The van der Waals surface area contributed by atoms with Crippen LogP contribution in [0.15, 0.2) is 0 Å². The SMILES string of the molecule is C1CCC(CCCNC2CCCOC2)OC1. The van der Waals surface area contributed by atoms with E-state index in [2.05, 4.69) is 5.32 Å². The van der Waals surface area contributed by atoms with E-state index >= 15 is 0 Å². The Morgan fingerprint density at radius 1 is 1.06 bits per heavy atom. The van der Waals surface area contributed by atoms with E-state index < -0.39 is 0 Å². The maximum absolute atomic E-state index is 5.72. The van der Waals surface area contributed by atoms with Gasteiger partial charge in [-0.25, -0.2) is 0 Å². The van der Waals surface area contributed by atoms with Gasteiger partial charge in [0, 0.05) is 19.3 Å². The van der Waals surface area contributed by atoms with Gasteiger partial charge < -0.3 is 14.8 Å². The Morgan fingerprint density at radius 2 is 2.06 bits per heavy atom. The largest absolute Gasteiger partial charge is 0.380 e. The zero-order valence-electron chi connectivity index (χ0n) is 10.2. The molecular formula is C13H25NO2. The normalized spacial score (nSPS) is 31.5. The van der Waals surface area contributed by atoms with Gasteiger partial charge in [0.2, 0.25) is 0 Å². The molecule has 3 heteroatoms. The highest BCUT2D eigenvalue weighted by Crippen LogP contribution is 2.16. The molecule has 0 saturated carbocycles. The summed E-state index contributed by atoms with van der Waals surface area (Å²) in [5.74, 6) is 0. The molecule has 2 aliphatic heterocycles. The fraction of sp³-hybridized carbons (Fsp3) is 1.00. The second kappa shape index (κ2) is 7.25. The summed E-state index contributed by atoms with van der Waals surface area (Å²) in [5.41, 5.74) is 0. The van der Waals surface area contributed by atoms with E-state index in [1.54, 1.807) is 0 Å². The predicted molar refractivity (Wildman–Crippen MR) is 64.7 cm³/mol. The van der Waals surface area contributed by atoms with Crippen molar-refractivity contribution in [3.63, 3.8) is 0 Å². The summed E-state index contributed by atoms with van der Waals surface area (Å²) in [6, 6.07) is 0.598. The van der Waals surface area contributed by atoms with Crippen LogP contribution < -0.4 is 5.32 Å². The quantitative estimate of drug-likeness (QED) is 0.730. The molecule has 0 aliphatic carbocycles. The molecule has 0 aromatic heterocycles. The number of ether oxygens (including phenoxy) is 2. The minimum atomic E-state index is 0.540. The van der Waals surface area contributed by atoms with Gasteiger partial charge in [-0.2, -0.15) is 0 Å². The number of hydrogen-bond acceptors (Lipinski definition) is 3. The first-order chi connectivity index (χ1) is 7.95. The summed E-state index contributed by atoms with van der Waals surface area (Å²) < 4.78 is 11.2. The first-order valence-electron chi connectivity index (χ1n) is 6.88. The second-order valence-electron chi connectivity index (χ2n) is 5.00. The highest BCUT2D eigenvalue weighted by Gasteiger charge is 2.15. The van der Waals surface area contributed by atoms with Crippen molar-refractivity contribution in [3.8, 4) is 0 Å². The van der Waals surface area contributed by atoms with Crippen LogP contribution in [0.4, 0.5) is 0 Å². The Morgan fingerprint density at radius 3 is 2.81 bits per heavy atom. The van der Waals surface area contributed by atoms with E-state index in [1.165, 1.54) is 44.9 Å². The Hall–Kier alpha value is -0.120. The lowest BCUT2D eigenvalue weighted by atomic mass is 10.0. The standard InChI is InChI=1S/C13H25NO2/c1-2-10-16-13(6-1)7-3-8-14-12-5-4-9-15-11-12/h12-14H,1-11H2. The maximum Gasteiger partial charge on any atom is 0.0619 e. The Kier molecular flexibility index (Phi) is 5.59. The van der Waals surface area contributed by atoms with Crippen molar-refractivity contribution in [3.05, 3.63) is 0 Å². The van der Waals surface area contributed by atoms with Gasteiger partial charge in [-0.3, -0.25) is 0 Å². The topological polar surface area (TPSA) is 30.5 Å². The molecule has 0 radical (unpaired) electrons. The molecule has 2 atom stereocenters. The average Bonchev–Trinajstić information content (AvgIpc) is 2.37. The van der Waals surface area contributed by atoms with Crippen LogP contribution in [0.3, 0.4) is 0 Å². The molecule has 2 fully saturated rings. The van der Waals surface area contributed by atoms with Gasteiger partial charge in [0.15, 0.2) is 0 Å². The van der Waals surface area contributed by atoms with Crippen LogP contribution >= 0.6 is 0 Å². The van der Waals surface area contributed by atoms with E-state index in [0.29, 0.717) is 12.1 Å². The number of nitrogens with one attached hydrogen (secondary N) is 1. The lowest BCUT2D eigenvalue weighted by Crippen LogP contribution is -2.37. The predicted octanol–water partition coefficient (Wildman–Crippen LogP) is 2.10. The number of rotatable bonds is 5. The van der Waals surface area contributed by atoms with Crippen molar-refractivity contribution in [1.29, 1.82) is 0 Å². The summed E-state index contributed by atoms with van der Waals surface area (Å²) in [6.07, 6.45) is 9.37. The summed E-state index contributed by atoms with van der Waals surface area (Å²) >= 11 is 0. The van der Waals surface area contributed by atoms with Crippen LogP contribution in [-0.2, 0) is 9.47 Å². The molecule has 3 nitrogen and oxygen atoms in total. The van der Waals surface area contributed by atoms with Crippen LogP contribution in [0.1, 0.15) is 44.9 Å². The molecule has 0 bridgehead atoms. The Labute approximate surface area is 98.9 Å². The van der Waals surface area contributed by atoms with Crippen LogP contribution in [0.25, 0.3) is 0 Å². The van der Waals surface area contributed by atoms with Crippen LogP contribution in [0.2, 0.25) is 0 Å². The minimum absolute atomic E-state index is 0.540. The molecule has 1 N–H and O–H groups in total. The van der Waals surface area contributed by atoms with Crippen molar-refractivity contribution in [2.24, 2.45) is 0 Å². The van der Waals surface area contributed by atoms with Crippen molar-refractivity contribution >= 4 is 0 Å². The van der Waals surface area contributed by atoms with Crippen LogP contribution in [-0.4, -0.2) is 38.5 Å². The first kappa shape index (κ1) is 12.3. The van der Waals surface area contributed by atoms with Gasteiger partial charge in [0.25, 0.3) is 0 Å². The summed E-state index contributed by atoms with van der Waals surface area (Å²) in [7, 11) is 0. The summed E-state index contributed by atoms with van der Waals surface area (Å²) in [6.45, 7) is 3.95. The summed E-state index contributed by atoms with van der Waals surface area (Å²) in [4.78, 5) is 0. The highest BCUT2D eigenvalue weighted by molar-refractivity contribution is 4.70. The Balaban J connectivity index is 1.47. The van der Waals surface area contributed by atoms with Crippen LogP contribution in [0.5, 0.6) is 0 Å². The molecule has 0 spiro atoms. The van der Waals surface area contributed by atoms with Gasteiger partial charge >= 0.3 is 0 Å². The molecule has 2 saturated heterocycles. The minimum Gasteiger partial charge on any atom is -0.380 e. The molecule has 0 aromatic rings. The Bertz CT molecular complexity index is 155. The molecule has 0 aromatic carbocycles. The molecule has 2 unspecified atom stereocenters. The molecule has 2 rings (SSSR count). The summed E-state index contributed by atoms with van der Waals surface area (Å²) in [5, 5.41) is 3.58. The zero-order valence-corrected chi connectivity index (χ0v) is 10.2. The third kappa shape index (κ3) is 4.40. The van der Waals surface area contributed by atoms with Crippen molar-refractivity contribution < 1.29 is 9.47 Å². The monoisotopic (exact) mass is 227 g/mol. The molecular weight excluding hydrogens is 202 g/mol. The van der Waals surface area contributed by atoms with Crippen molar-refractivity contribution in [1.82, 2.24) is 5.32 Å². The van der Waals surface area contributed by atoms with Crippen molar-refractivity contribution in [2.75, 3.05) is 26.4 Å².